The van der Waals surface area contributed by atoms with Gasteiger partial charge in [-0.3, -0.25) is 4.21 Å². The van der Waals surface area contributed by atoms with E-state index in [1.807, 2.05) is 0 Å². The van der Waals surface area contributed by atoms with E-state index in [2.05, 4.69) is 0 Å². The van der Waals surface area contributed by atoms with E-state index in [1.54, 1.807) is 12.5 Å². The summed E-state index contributed by atoms with van der Waals surface area (Å²) in [4.78, 5) is 0. The zero-order chi connectivity index (χ0) is 5.21. The summed E-state index contributed by atoms with van der Waals surface area (Å²) >= 11 is 0. The average Bonchev–Trinajstić information content (AvgIpc) is 1.35. The number of hydrogen-bond acceptors (Lipinski definition) is 2. The van der Waals surface area contributed by atoms with Crippen LogP contribution in [0.25, 0.3) is 0 Å². The molecular formula is C3H10O2S. The second kappa shape index (κ2) is 1.71. The molecule has 0 aliphatic carbocycles. The molecule has 6 heavy (non-hydrogen) atoms. The van der Waals surface area contributed by atoms with Crippen LogP contribution in [0.1, 0.15) is 0 Å². The summed E-state index contributed by atoms with van der Waals surface area (Å²) in [6.07, 6.45) is 3.10. The molecule has 0 radical (unpaired) electrons. The number of aliphatic hydroxyl groups excluding tert-OH is 1. The van der Waals surface area contributed by atoms with Gasteiger partial charge in [0.2, 0.25) is 0 Å². The maximum absolute atomic E-state index is 10.3. The summed E-state index contributed by atoms with van der Waals surface area (Å²) < 4.78 is 10.3. The number of aliphatic hydroxyl groups is 1. The lowest BCUT2D eigenvalue weighted by molar-refractivity contribution is 0.366. The van der Waals surface area contributed by atoms with E-state index in [4.69, 9.17) is 5.11 Å². The summed E-state index contributed by atoms with van der Waals surface area (Å²) in [5.41, 5.74) is 0. The lowest BCUT2D eigenvalue weighted by atomic mass is 11.7. The van der Waals surface area contributed by atoms with Crippen LogP contribution in [-0.4, -0.2) is 27.8 Å². The van der Waals surface area contributed by atoms with Crippen LogP contribution in [0.4, 0.5) is 0 Å². The van der Waals surface area contributed by atoms with Crippen molar-refractivity contribution in [2.24, 2.45) is 0 Å². The molecule has 0 aliphatic rings. The lowest BCUT2D eigenvalue weighted by Crippen LogP contribution is -2.09. The average molecular weight is 110 g/mol. The highest BCUT2D eigenvalue weighted by molar-refractivity contribution is 8.01. The van der Waals surface area contributed by atoms with Crippen molar-refractivity contribution in [2.75, 3.05) is 18.5 Å². The first-order valence-corrected chi connectivity index (χ1v) is 4.50. The van der Waals surface area contributed by atoms with Crippen LogP contribution >= 0.6 is 0 Å². The predicted molar refractivity (Wildman–Crippen MR) is 28.5 cm³/mol. The molecule has 0 unspecified atom stereocenters. The van der Waals surface area contributed by atoms with Crippen molar-refractivity contribution in [1.82, 2.24) is 0 Å². The maximum Gasteiger partial charge on any atom is 0.0956 e. The van der Waals surface area contributed by atoms with Gasteiger partial charge in [-0.2, -0.15) is 0 Å². The Morgan fingerprint density at radius 1 is 1.67 bits per heavy atom. The van der Waals surface area contributed by atoms with Crippen LogP contribution in [0.15, 0.2) is 0 Å². The third-order valence-corrected chi connectivity index (χ3v) is 1.02. The van der Waals surface area contributed by atoms with E-state index in [0.717, 1.165) is 0 Å². The summed E-state index contributed by atoms with van der Waals surface area (Å²) in [5.74, 6) is -0.174. The molecule has 0 rings (SSSR count). The van der Waals surface area contributed by atoms with Gasteiger partial charge in [0.15, 0.2) is 0 Å². The molecular weight excluding hydrogens is 100 g/mol. The fourth-order valence-corrected chi connectivity index (χ4v) is 0. The van der Waals surface area contributed by atoms with Crippen molar-refractivity contribution < 1.29 is 9.32 Å². The van der Waals surface area contributed by atoms with Crippen LogP contribution in [0.3, 0.4) is 0 Å². The first kappa shape index (κ1) is 6.11. The smallest absolute Gasteiger partial charge is 0.0956 e. The van der Waals surface area contributed by atoms with Crippen LogP contribution in [0.5, 0.6) is 0 Å². The summed E-state index contributed by atoms with van der Waals surface area (Å²) in [7, 11) is -2.09. The fraction of sp³-hybridized carbons (Fsp3) is 1.00. The number of hydrogen-bond donors (Lipinski definition) is 2. The Bertz CT molecular complexity index is 72.9. The molecule has 0 saturated carbocycles. The molecule has 40 valence electrons. The fourth-order valence-electron chi connectivity index (χ4n) is 0. The van der Waals surface area contributed by atoms with Crippen molar-refractivity contribution in [2.45, 2.75) is 0 Å². The molecule has 0 saturated heterocycles. The maximum atomic E-state index is 10.3. The molecule has 0 heterocycles. The Labute approximate surface area is 38.6 Å². The standard InChI is InChI=1S/C3H10O2S/c1-6(2,5)3-4/h4,6H,3H2,1-2H3. The van der Waals surface area contributed by atoms with Gasteiger partial charge in [-0.15, -0.1) is 0 Å². The third-order valence-electron chi connectivity index (χ3n) is 0.341. The minimum absolute atomic E-state index is 0.174. The highest BCUT2D eigenvalue weighted by Crippen LogP contribution is 1.84. The van der Waals surface area contributed by atoms with E-state index in [1.165, 1.54) is 0 Å². The summed E-state index contributed by atoms with van der Waals surface area (Å²) in [5, 5.41) is 8.14. The van der Waals surface area contributed by atoms with Crippen molar-refractivity contribution in [3.05, 3.63) is 0 Å². The molecule has 0 aromatic carbocycles. The molecule has 0 aromatic heterocycles. The van der Waals surface area contributed by atoms with Gasteiger partial charge in [-0.25, -0.2) is 0 Å². The van der Waals surface area contributed by atoms with Gasteiger partial charge in [-0.05, 0) is 12.5 Å². The Hall–Kier alpha value is 0.110. The SMILES string of the molecule is C[SH](C)(=O)CO. The zero-order valence-corrected chi connectivity index (χ0v) is 4.90. The monoisotopic (exact) mass is 110 g/mol. The largest absolute Gasteiger partial charge is 0.385 e. The lowest BCUT2D eigenvalue weighted by Gasteiger charge is -2.03. The predicted octanol–water partition coefficient (Wildman–Crippen LogP) is -0.788. The van der Waals surface area contributed by atoms with Gasteiger partial charge in [0.25, 0.3) is 0 Å². The number of thiol groups is 1. The first-order valence-electron chi connectivity index (χ1n) is 1.71. The van der Waals surface area contributed by atoms with E-state index < -0.39 is 9.93 Å². The summed E-state index contributed by atoms with van der Waals surface area (Å²) in [6.45, 7) is 0. The molecule has 0 amide bonds. The Morgan fingerprint density at radius 3 is 1.83 bits per heavy atom. The molecule has 0 bridgehead atoms. The molecule has 0 aliphatic heterocycles. The quantitative estimate of drug-likeness (QED) is 0.434. The normalized spacial score (nSPS) is 14.5. The molecule has 3 heteroatoms. The molecule has 0 aromatic rings. The Kier molecular flexibility index (Phi) is 1.74. The van der Waals surface area contributed by atoms with Gasteiger partial charge in [-0.1, -0.05) is 9.93 Å². The van der Waals surface area contributed by atoms with Gasteiger partial charge in [0.1, 0.15) is 0 Å². The Morgan fingerprint density at radius 2 is 1.83 bits per heavy atom. The topological polar surface area (TPSA) is 37.3 Å². The molecule has 1 N–H and O–H groups in total. The Balaban J connectivity index is 3.48. The molecule has 0 fully saturated rings. The highest BCUT2D eigenvalue weighted by atomic mass is 32.2. The minimum Gasteiger partial charge on any atom is -0.385 e. The third kappa shape index (κ3) is 4.11. The molecule has 0 atom stereocenters. The van der Waals surface area contributed by atoms with Gasteiger partial charge < -0.3 is 5.11 Å². The van der Waals surface area contributed by atoms with E-state index in [9.17, 15) is 4.21 Å². The van der Waals surface area contributed by atoms with E-state index >= 15 is 0 Å². The highest BCUT2D eigenvalue weighted by Gasteiger charge is 1.91. The van der Waals surface area contributed by atoms with Crippen molar-refractivity contribution in [1.29, 1.82) is 0 Å². The van der Waals surface area contributed by atoms with Crippen molar-refractivity contribution >= 4 is 9.93 Å². The van der Waals surface area contributed by atoms with Crippen molar-refractivity contribution in [3.8, 4) is 0 Å². The van der Waals surface area contributed by atoms with Crippen LogP contribution in [-0.2, 0) is 9.93 Å². The first-order chi connectivity index (χ1) is 2.56. The van der Waals surface area contributed by atoms with E-state index in [0.29, 0.717) is 0 Å². The van der Waals surface area contributed by atoms with Crippen LogP contribution in [0.2, 0.25) is 0 Å². The number of rotatable bonds is 1. The van der Waals surface area contributed by atoms with Crippen LogP contribution in [0, 0.1) is 0 Å². The molecule has 0 spiro atoms. The van der Waals surface area contributed by atoms with Gasteiger partial charge in [0.05, 0.1) is 5.94 Å². The zero-order valence-electron chi connectivity index (χ0n) is 4.01. The second-order valence-corrected chi connectivity index (χ2v) is 5.15. The van der Waals surface area contributed by atoms with Gasteiger partial charge in [0, 0.05) is 0 Å². The van der Waals surface area contributed by atoms with Crippen molar-refractivity contribution in [3.63, 3.8) is 0 Å². The van der Waals surface area contributed by atoms with E-state index in [-0.39, 0.29) is 5.94 Å². The minimum atomic E-state index is -2.09. The van der Waals surface area contributed by atoms with Crippen LogP contribution < -0.4 is 0 Å². The second-order valence-electron chi connectivity index (χ2n) is 1.72. The molecule has 2 nitrogen and oxygen atoms in total. The summed E-state index contributed by atoms with van der Waals surface area (Å²) in [6, 6.07) is 0. The van der Waals surface area contributed by atoms with Gasteiger partial charge >= 0.3 is 0 Å².